The summed E-state index contributed by atoms with van der Waals surface area (Å²) >= 11 is 0.985. The number of ether oxygens (including phenoxy) is 2. The number of benzene rings is 2. The molecule has 2 heterocycles. The number of nitrogens with one attached hydrogen (secondary N) is 1. The first-order valence-electron chi connectivity index (χ1n) is 11.9. The Morgan fingerprint density at radius 1 is 1.05 bits per heavy atom. The average Bonchev–Trinajstić information content (AvgIpc) is 3.22. The summed E-state index contributed by atoms with van der Waals surface area (Å²) in [4.78, 5) is 33.3. The normalized spacial score (nSPS) is 13.8. The number of anilines is 4. The molecule has 3 aromatic rings. The van der Waals surface area contributed by atoms with Gasteiger partial charge in [-0.05, 0) is 57.2 Å². The van der Waals surface area contributed by atoms with Crippen LogP contribution in [0, 0.1) is 11.6 Å². The Balaban J connectivity index is 1.38. The molecule has 0 radical (unpaired) electrons. The van der Waals surface area contributed by atoms with Crippen molar-refractivity contribution in [2.75, 3.05) is 49.2 Å². The van der Waals surface area contributed by atoms with E-state index in [4.69, 9.17) is 10.5 Å². The second-order valence-electron chi connectivity index (χ2n) is 9.66. The van der Waals surface area contributed by atoms with Crippen LogP contribution < -0.4 is 20.7 Å². The third-order valence-electron chi connectivity index (χ3n) is 5.74. The molecule has 0 aliphatic carbocycles. The summed E-state index contributed by atoms with van der Waals surface area (Å²) in [6.45, 7) is 8.01. The summed E-state index contributed by atoms with van der Waals surface area (Å²) in [5.74, 6) is -3.21. The average molecular weight is 546 g/mol. The van der Waals surface area contributed by atoms with Crippen LogP contribution in [0.2, 0.25) is 0 Å². The van der Waals surface area contributed by atoms with Crippen LogP contribution >= 0.6 is 11.3 Å². The quantitative estimate of drug-likeness (QED) is 0.415. The van der Waals surface area contributed by atoms with E-state index in [1.54, 1.807) is 4.90 Å². The van der Waals surface area contributed by atoms with E-state index in [-0.39, 0.29) is 22.4 Å². The second-order valence-corrected chi connectivity index (χ2v) is 10.7. The highest BCUT2D eigenvalue weighted by Gasteiger charge is 2.26. The van der Waals surface area contributed by atoms with Gasteiger partial charge in [0.15, 0.2) is 22.5 Å². The number of piperazine rings is 1. The van der Waals surface area contributed by atoms with Crippen molar-refractivity contribution in [3.05, 3.63) is 58.5 Å². The SMILES string of the molecule is COc1c(F)cc(C(=O)c2sc(Nc3ccc(N4CCN(C(=O)OC(C)(C)C)CC4)cc3)nc2N)cc1F. The van der Waals surface area contributed by atoms with Crippen molar-refractivity contribution in [3.8, 4) is 5.75 Å². The molecule has 1 aliphatic heterocycles. The maximum atomic E-state index is 14.1. The number of hydrogen-bond acceptors (Lipinski definition) is 9. The minimum atomic E-state index is -0.983. The van der Waals surface area contributed by atoms with Crippen molar-refractivity contribution >= 4 is 45.5 Å². The van der Waals surface area contributed by atoms with Gasteiger partial charge in [-0.2, -0.15) is 0 Å². The number of methoxy groups -OCH3 is 1. The molecule has 1 amide bonds. The van der Waals surface area contributed by atoms with Crippen LogP contribution in [0.15, 0.2) is 36.4 Å². The molecule has 202 valence electrons. The molecule has 0 bridgehead atoms. The molecule has 0 spiro atoms. The number of nitrogen functional groups attached to an aromatic ring is 1. The number of rotatable bonds is 6. The molecule has 1 saturated heterocycles. The third-order valence-corrected chi connectivity index (χ3v) is 6.72. The molecule has 12 heteroatoms. The summed E-state index contributed by atoms with van der Waals surface area (Å²) in [6, 6.07) is 9.42. The lowest BCUT2D eigenvalue weighted by Crippen LogP contribution is -2.50. The van der Waals surface area contributed by atoms with Crippen molar-refractivity contribution in [3.63, 3.8) is 0 Å². The van der Waals surface area contributed by atoms with Crippen molar-refractivity contribution in [2.45, 2.75) is 26.4 Å². The van der Waals surface area contributed by atoms with E-state index < -0.39 is 28.8 Å². The fraction of sp³-hybridized carbons (Fsp3) is 0.346. The lowest BCUT2D eigenvalue weighted by atomic mass is 10.1. The van der Waals surface area contributed by atoms with Gasteiger partial charge in [0.25, 0.3) is 0 Å². The topological polar surface area (TPSA) is 110 Å². The number of nitrogens with zero attached hydrogens (tertiary/aromatic N) is 3. The van der Waals surface area contributed by atoms with Crippen molar-refractivity contribution in [1.29, 1.82) is 0 Å². The Labute approximate surface area is 223 Å². The standard InChI is InChI=1S/C26H29F2N5O4S/c1-26(2,3)37-25(35)33-11-9-32(10-12-33)17-7-5-16(6-8-17)30-24-31-23(29)22(38-24)20(34)15-13-18(27)21(36-4)19(28)14-15/h5-8,13-14H,9-12,29H2,1-4H3,(H,30,31). The van der Waals surface area contributed by atoms with Crippen molar-refractivity contribution in [2.24, 2.45) is 0 Å². The number of carbonyl (C=O) groups excluding carboxylic acids is 2. The van der Waals surface area contributed by atoms with E-state index >= 15 is 0 Å². The van der Waals surface area contributed by atoms with Gasteiger partial charge in [0.1, 0.15) is 16.3 Å². The highest BCUT2D eigenvalue weighted by atomic mass is 32.1. The van der Waals surface area contributed by atoms with Crippen LogP contribution in [0.25, 0.3) is 0 Å². The Bertz CT molecular complexity index is 1310. The molecule has 1 aromatic heterocycles. The Morgan fingerprint density at radius 2 is 1.66 bits per heavy atom. The number of amides is 1. The molecular weight excluding hydrogens is 516 g/mol. The fourth-order valence-corrected chi connectivity index (χ4v) is 4.78. The number of carbonyl (C=O) groups is 2. The van der Waals surface area contributed by atoms with Crippen LogP contribution in [0.4, 0.5) is 35.9 Å². The molecule has 4 rings (SSSR count). The monoisotopic (exact) mass is 545 g/mol. The molecule has 0 saturated carbocycles. The Morgan fingerprint density at radius 3 is 2.21 bits per heavy atom. The number of aromatic nitrogens is 1. The summed E-state index contributed by atoms with van der Waals surface area (Å²) in [7, 11) is 1.14. The van der Waals surface area contributed by atoms with Crippen LogP contribution in [0.5, 0.6) is 5.75 Å². The molecule has 9 nitrogen and oxygen atoms in total. The van der Waals surface area contributed by atoms with Gasteiger partial charge < -0.3 is 30.3 Å². The molecule has 1 aliphatic rings. The van der Waals surface area contributed by atoms with E-state index in [1.165, 1.54) is 0 Å². The van der Waals surface area contributed by atoms with Gasteiger partial charge in [-0.15, -0.1) is 0 Å². The zero-order valence-corrected chi connectivity index (χ0v) is 22.3. The van der Waals surface area contributed by atoms with Gasteiger partial charge in [-0.1, -0.05) is 11.3 Å². The largest absolute Gasteiger partial charge is 0.491 e. The minimum Gasteiger partial charge on any atom is -0.491 e. The Hall–Kier alpha value is -3.93. The summed E-state index contributed by atoms with van der Waals surface area (Å²) in [5, 5.41) is 3.47. The molecule has 38 heavy (non-hydrogen) atoms. The van der Waals surface area contributed by atoms with Gasteiger partial charge in [-0.3, -0.25) is 4.79 Å². The van der Waals surface area contributed by atoms with E-state index in [9.17, 15) is 18.4 Å². The van der Waals surface area contributed by atoms with Gasteiger partial charge >= 0.3 is 6.09 Å². The summed E-state index contributed by atoms with van der Waals surface area (Å²) < 4.78 is 38.2. The van der Waals surface area contributed by atoms with Crippen molar-refractivity contribution < 1.29 is 27.8 Å². The van der Waals surface area contributed by atoms with Gasteiger partial charge in [-0.25, -0.2) is 18.6 Å². The predicted octanol–water partition coefficient (Wildman–Crippen LogP) is 5.04. The Kier molecular flexibility index (Phi) is 7.72. The lowest BCUT2D eigenvalue weighted by molar-refractivity contribution is 0.0240. The van der Waals surface area contributed by atoms with Crippen LogP contribution in [-0.2, 0) is 4.74 Å². The highest BCUT2D eigenvalue weighted by Crippen LogP contribution is 2.32. The number of ketones is 1. The lowest BCUT2D eigenvalue weighted by Gasteiger charge is -2.36. The maximum absolute atomic E-state index is 14.1. The first-order chi connectivity index (χ1) is 17.9. The van der Waals surface area contributed by atoms with Gasteiger partial charge in [0.05, 0.1) is 7.11 Å². The first-order valence-corrected chi connectivity index (χ1v) is 12.7. The van der Waals surface area contributed by atoms with E-state index in [1.807, 2.05) is 45.0 Å². The van der Waals surface area contributed by atoms with Crippen molar-refractivity contribution in [1.82, 2.24) is 9.88 Å². The number of halogens is 2. The van der Waals surface area contributed by atoms with Gasteiger partial charge in [0, 0.05) is 43.1 Å². The summed E-state index contributed by atoms with van der Waals surface area (Å²) in [6.07, 6.45) is -0.306. The molecular formula is C26H29F2N5O4S. The minimum absolute atomic E-state index is 0.0430. The molecule has 2 aromatic carbocycles. The smallest absolute Gasteiger partial charge is 0.410 e. The number of nitrogens with two attached hydrogens (primary N) is 1. The number of hydrogen-bond donors (Lipinski definition) is 2. The predicted molar refractivity (Wildman–Crippen MR) is 143 cm³/mol. The summed E-state index contributed by atoms with van der Waals surface area (Å²) in [5.41, 5.74) is 6.93. The second kappa shape index (κ2) is 10.8. The molecule has 0 unspecified atom stereocenters. The fourth-order valence-electron chi connectivity index (χ4n) is 3.92. The van der Waals surface area contributed by atoms with Crippen LogP contribution in [-0.4, -0.2) is 60.7 Å². The van der Waals surface area contributed by atoms with E-state index in [0.29, 0.717) is 31.3 Å². The zero-order chi connectivity index (χ0) is 27.6. The van der Waals surface area contributed by atoms with E-state index in [2.05, 4.69) is 19.9 Å². The van der Waals surface area contributed by atoms with Gasteiger partial charge in [0.2, 0.25) is 5.78 Å². The highest BCUT2D eigenvalue weighted by molar-refractivity contribution is 7.18. The number of thiazole rings is 1. The maximum Gasteiger partial charge on any atom is 0.410 e. The first kappa shape index (κ1) is 27.1. The molecule has 3 N–H and O–H groups in total. The van der Waals surface area contributed by atoms with Crippen LogP contribution in [0.1, 0.15) is 36.0 Å². The van der Waals surface area contributed by atoms with Crippen LogP contribution in [0.3, 0.4) is 0 Å². The molecule has 0 atom stereocenters. The molecule has 1 fully saturated rings. The van der Waals surface area contributed by atoms with E-state index in [0.717, 1.165) is 42.0 Å². The zero-order valence-electron chi connectivity index (χ0n) is 21.5. The third kappa shape index (κ3) is 6.13.